The topological polar surface area (TPSA) is 144 Å². The number of fused-ring (bicyclic) bond motifs is 9. The van der Waals surface area contributed by atoms with Gasteiger partial charge in [0.1, 0.15) is 71.6 Å². The lowest BCUT2D eigenvalue weighted by molar-refractivity contribution is 0.103. The number of likely N-dealkylation sites (N-methyl/N-ethyl adjacent to an activating group) is 3. The number of benzene rings is 6. The Hall–Kier alpha value is -7.59. The van der Waals surface area contributed by atoms with Crippen molar-refractivity contribution in [3.8, 4) is 85.1 Å². The molecule has 6 aromatic carbocycles. The molecule has 0 N–H and O–H groups in total. The fourth-order valence-corrected chi connectivity index (χ4v) is 10.7. The van der Waals surface area contributed by atoms with Gasteiger partial charge in [-0.3, -0.25) is 14.4 Å². The highest BCUT2D eigenvalue weighted by Gasteiger charge is 2.36. The standard InChI is InChI=1S/C24H31NO4.C23H29NO4.C22H27NO4/c1-5-8-13-28-21-16-17(27-4)15-19-23(21)22-18(24(19)26)10-9-11-20(22)29-14-12-25(6-2)7-3;1-5-12-27-20-15-16(26-4)14-18-22(20)21-17(23(18)25)9-8-10-19(21)28-13-11-24(6-2)7-3;1-5-23(6-2)11-12-27-18-10-8-9-16-20(18)21-17(22(16)24)13-15(25-4)14-19(21)26-7-3/h9-11,15-16H,5-8,12-14H2,1-4H3;8-10,14-15H,5-7,11-13H2,1-4H3;8-10,13-14H,5-7,11-12H2,1-4H3. The van der Waals surface area contributed by atoms with Crippen molar-refractivity contribution in [2.45, 2.75) is 81.6 Å². The summed E-state index contributed by atoms with van der Waals surface area (Å²) in [7, 11) is 4.79. The Morgan fingerprint density at radius 2 is 0.619 bits per heavy atom. The van der Waals surface area contributed by atoms with Gasteiger partial charge in [0.15, 0.2) is 17.3 Å². The molecule has 0 aromatic heterocycles. The maximum absolute atomic E-state index is 13.1. The van der Waals surface area contributed by atoms with E-state index in [1.54, 1.807) is 39.5 Å². The van der Waals surface area contributed by atoms with Crippen molar-refractivity contribution in [1.29, 1.82) is 0 Å². The lowest BCUT2D eigenvalue weighted by Gasteiger charge is -2.19. The Bertz CT molecular complexity index is 3200. The number of methoxy groups -OCH3 is 3. The number of hydrogen-bond acceptors (Lipinski definition) is 15. The average Bonchev–Trinajstić information content (AvgIpc) is 2.20. The van der Waals surface area contributed by atoms with E-state index in [0.717, 1.165) is 129 Å². The van der Waals surface area contributed by atoms with Crippen molar-refractivity contribution >= 4 is 17.3 Å². The largest absolute Gasteiger partial charge is 0.497 e. The molecule has 0 aliphatic heterocycles. The van der Waals surface area contributed by atoms with Gasteiger partial charge in [0.05, 0.1) is 41.2 Å². The van der Waals surface area contributed by atoms with Crippen LogP contribution < -0.4 is 42.6 Å². The van der Waals surface area contributed by atoms with Crippen LogP contribution in [0.3, 0.4) is 0 Å². The molecule has 9 rings (SSSR count). The smallest absolute Gasteiger partial charge is 0.194 e. The van der Waals surface area contributed by atoms with E-state index in [-0.39, 0.29) is 17.3 Å². The Morgan fingerprint density at radius 3 is 0.905 bits per heavy atom. The van der Waals surface area contributed by atoms with Crippen molar-refractivity contribution in [3.05, 3.63) is 124 Å². The second kappa shape index (κ2) is 31.3. The van der Waals surface area contributed by atoms with E-state index < -0.39 is 0 Å². The number of unbranched alkanes of at least 4 members (excludes halogenated alkanes) is 1. The number of hydrogen-bond donors (Lipinski definition) is 0. The molecular formula is C69H87N3O12. The highest BCUT2D eigenvalue weighted by atomic mass is 16.5. The Kier molecular flexibility index (Phi) is 23.9. The van der Waals surface area contributed by atoms with Gasteiger partial charge < -0.3 is 57.3 Å². The van der Waals surface area contributed by atoms with Crippen LogP contribution in [0.4, 0.5) is 0 Å². The molecule has 0 unspecified atom stereocenters. The fourth-order valence-electron chi connectivity index (χ4n) is 10.7. The van der Waals surface area contributed by atoms with Gasteiger partial charge in [0.2, 0.25) is 0 Å². The van der Waals surface area contributed by atoms with Crippen LogP contribution in [0.1, 0.15) is 129 Å². The SMILES string of the molecule is CCCCOc1cc(OC)cc2c1-c1c(OCCN(CC)CC)cccc1C2=O.CCCOc1cc(OC)cc2c1-c1c(OCCN(CC)CC)cccc1C2=O.CCOc1cc(OC)cc2c1-c1c(OCCN(CC)CC)cccc1C2=O. The summed E-state index contributed by atoms with van der Waals surface area (Å²) in [6.45, 7) is 30.8. The van der Waals surface area contributed by atoms with Gasteiger partial charge in [-0.15, -0.1) is 0 Å². The second-order valence-electron chi connectivity index (χ2n) is 20.3. The van der Waals surface area contributed by atoms with Crippen LogP contribution in [0.5, 0.6) is 51.7 Å². The van der Waals surface area contributed by atoms with Gasteiger partial charge in [-0.2, -0.15) is 0 Å². The maximum atomic E-state index is 13.1. The molecule has 3 aliphatic rings. The summed E-state index contributed by atoms with van der Waals surface area (Å²) in [6.07, 6.45) is 2.88. The van der Waals surface area contributed by atoms with Crippen molar-refractivity contribution in [1.82, 2.24) is 14.7 Å². The Morgan fingerprint density at radius 1 is 0.321 bits per heavy atom. The highest BCUT2D eigenvalue weighted by molar-refractivity contribution is 6.25. The summed E-state index contributed by atoms with van der Waals surface area (Å²) in [4.78, 5) is 46.0. The van der Waals surface area contributed by atoms with E-state index in [2.05, 4.69) is 70.1 Å². The van der Waals surface area contributed by atoms with Crippen LogP contribution in [0.15, 0.2) is 91.0 Å². The summed E-state index contributed by atoms with van der Waals surface area (Å²) in [6, 6.07) is 27.9. The molecule has 84 heavy (non-hydrogen) atoms. The minimum atomic E-state index is -0.0194. The minimum absolute atomic E-state index is 0.0107. The van der Waals surface area contributed by atoms with Crippen LogP contribution >= 0.6 is 0 Å². The van der Waals surface area contributed by atoms with Gasteiger partial charge in [0.25, 0.3) is 0 Å². The molecule has 0 saturated heterocycles. The lowest BCUT2D eigenvalue weighted by Crippen LogP contribution is -2.28. The molecule has 0 spiro atoms. The van der Waals surface area contributed by atoms with Crippen LogP contribution in [-0.2, 0) is 0 Å². The molecule has 0 fully saturated rings. The van der Waals surface area contributed by atoms with E-state index in [4.69, 9.17) is 42.6 Å². The maximum Gasteiger partial charge on any atom is 0.194 e. The number of carbonyl (C=O) groups excluding carboxylic acids is 3. The first kappa shape index (κ1) is 64.0. The van der Waals surface area contributed by atoms with Crippen molar-refractivity contribution < 1.29 is 57.0 Å². The molecule has 15 nitrogen and oxygen atoms in total. The summed E-state index contributed by atoms with van der Waals surface area (Å²) in [5.41, 5.74) is 8.72. The molecule has 0 amide bonds. The Balaban J connectivity index is 0.000000181. The molecule has 0 heterocycles. The molecular weight excluding hydrogens is 1060 g/mol. The first-order chi connectivity index (χ1) is 40.9. The van der Waals surface area contributed by atoms with Crippen LogP contribution in [0.2, 0.25) is 0 Å². The molecule has 0 radical (unpaired) electrons. The van der Waals surface area contributed by atoms with Gasteiger partial charge in [-0.1, -0.05) is 98.2 Å². The van der Waals surface area contributed by atoms with Gasteiger partial charge in [-0.25, -0.2) is 0 Å². The number of ketones is 3. The summed E-state index contributed by atoms with van der Waals surface area (Å²) < 4.78 is 52.4. The fraction of sp³-hybridized carbons (Fsp3) is 0.435. The number of ether oxygens (including phenoxy) is 9. The van der Waals surface area contributed by atoms with Gasteiger partial charge in [0, 0.05) is 105 Å². The second-order valence-corrected chi connectivity index (χ2v) is 20.3. The van der Waals surface area contributed by atoms with Crippen LogP contribution in [0.25, 0.3) is 33.4 Å². The number of nitrogens with zero attached hydrogens (tertiary/aromatic N) is 3. The van der Waals surface area contributed by atoms with Crippen LogP contribution in [0, 0.1) is 0 Å². The zero-order chi connectivity index (χ0) is 60.3. The summed E-state index contributed by atoms with van der Waals surface area (Å²) >= 11 is 0. The number of carbonyl (C=O) groups is 3. The molecule has 0 atom stereocenters. The molecule has 0 bridgehead atoms. The Labute approximate surface area is 498 Å². The predicted octanol–water partition coefficient (Wildman–Crippen LogP) is 13.2. The molecule has 0 saturated carbocycles. The molecule has 15 heteroatoms. The summed E-state index contributed by atoms with van der Waals surface area (Å²) in [5.74, 6) is 5.99. The monoisotopic (exact) mass is 1150 g/mol. The minimum Gasteiger partial charge on any atom is -0.497 e. The molecule has 6 aromatic rings. The molecule has 3 aliphatic carbocycles. The third-order valence-corrected chi connectivity index (χ3v) is 15.4. The van der Waals surface area contributed by atoms with Gasteiger partial charge >= 0.3 is 0 Å². The van der Waals surface area contributed by atoms with E-state index in [1.807, 2.05) is 79.7 Å². The lowest BCUT2D eigenvalue weighted by atomic mass is 10.0. The predicted molar refractivity (Wildman–Crippen MR) is 333 cm³/mol. The van der Waals surface area contributed by atoms with Crippen LogP contribution in [-0.4, -0.2) is 152 Å². The zero-order valence-corrected chi connectivity index (χ0v) is 51.6. The molecule has 450 valence electrons. The first-order valence-corrected chi connectivity index (χ1v) is 30.1. The first-order valence-electron chi connectivity index (χ1n) is 30.1. The number of rotatable bonds is 30. The quantitative estimate of drug-likeness (QED) is 0.0394. The van der Waals surface area contributed by atoms with Crippen molar-refractivity contribution in [3.63, 3.8) is 0 Å². The zero-order valence-electron chi connectivity index (χ0n) is 51.6. The van der Waals surface area contributed by atoms with E-state index in [9.17, 15) is 14.4 Å². The van der Waals surface area contributed by atoms with E-state index in [0.29, 0.717) is 108 Å². The van der Waals surface area contributed by atoms with E-state index in [1.165, 1.54) is 0 Å². The average molecular weight is 1150 g/mol. The highest BCUT2D eigenvalue weighted by Crippen LogP contribution is 2.52. The van der Waals surface area contributed by atoms with Gasteiger partial charge in [-0.05, 0) is 95.4 Å². The van der Waals surface area contributed by atoms with E-state index >= 15 is 0 Å². The van der Waals surface area contributed by atoms with Crippen molar-refractivity contribution in [2.24, 2.45) is 0 Å². The normalized spacial score (nSPS) is 12.1. The van der Waals surface area contributed by atoms with Crippen molar-refractivity contribution in [2.75, 3.05) is 120 Å². The summed E-state index contributed by atoms with van der Waals surface area (Å²) in [5, 5.41) is 0. The third kappa shape index (κ3) is 14.5. The third-order valence-electron chi connectivity index (χ3n) is 15.4.